The minimum Gasteiger partial charge on any atom is -0.496 e. The number of ether oxygens (including phenoxy) is 1. The Morgan fingerprint density at radius 2 is 1.83 bits per heavy atom. The fraction of sp³-hybridized carbons (Fsp3) is 0.294. The lowest BCUT2D eigenvalue weighted by Crippen LogP contribution is -2.27. The smallest absolute Gasteiger partial charge is 0.215 e. The molecule has 2 aromatic carbocycles. The third-order valence-electron chi connectivity index (χ3n) is 3.42. The largest absolute Gasteiger partial charge is 0.496 e. The molecule has 124 valence electrons. The molecule has 0 saturated heterocycles. The average molecular weight is 337 g/mol. The third-order valence-corrected chi connectivity index (χ3v) is 4.78. The number of aryl methyl sites for hydroxylation is 1. The average Bonchev–Trinajstić information content (AvgIpc) is 2.49. The molecule has 0 heterocycles. The molecule has 2 aromatic rings. The van der Waals surface area contributed by atoms with Gasteiger partial charge in [-0.3, -0.25) is 0 Å². The first kappa shape index (κ1) is 17.4. The van der Waals surface area contributed by atoms with Gasteiger partial charge in [0.25, 0.3) is 0 Å². The molecule has 0 aliphatic heterocycles. The van der Waals surface area contributed by atoms with Crippen LogP contribution in [0.3, 0.4) is 0 Å². The molecule has 1 N–H and O–H groups in total. The molecule has 0 unspecified atom stereocenters. The molecule has 2 rings (SSSR count). The number of sulfonamides is 1. The van der Waals surface area contributed by atoms with Gasteiger partial charge in [-0.25, -0.2) is 17.5 Å². The van der Waals surface area contributed by atoms with Gasteiger partial charge in [-0.15, -0.1) is 0 Å². The summed E-state index contributed by atoms with van der Waals surface area (Å²) >= 11 is 0. The van der Waals surface area contributed by atoms with Crippen LogP contribution >= 0.6 is 0 Å². The van der Waals surface area contributed by atoms with Crippen molar-refractivity contribution in [3.8, 4) is 5.75 Å². The monoisotopic (exact) mass is 337 g/mol. The molecule has 0 fully saturated rings. The zero-order valence-corrected chi connectivity index (χ0v) is 14.0. The van der Waals surface area contributed by atoms with Crippen LogP contribution in [0.4, 0.5) is 4.39 Å². The van der Waals surface area contributed by atoms with Crippen LogP contribution in [-0.2, 0) is 22.2 Å². The van der Waals surface area contributed by atoms with Gasteiger partial charge in [-0.1, -0.05) is 29.8 Å². The van der Waals surface area contributed by atoms with Crippen molar-refractivity contribution in [1.29, 1.82) is 0 Å². The van der Waals surface area contributed by atoms with E-state index in [2.05, 4.69) is 4.72 Å². The molecule has 0 atom stereocenters. The fourth-order valence-electron chi connectivity index (χ4n) is 2.30. The Bertz CT molecular complexity index is 758. The molecule has 0 amide bonds. The van der Waals surface area contributed by atoms with Gasteiger partial charge in [-0.05, 0) is 42.7 Å². The van der Waals surface area contributed by atoms with E-state index in [-0.39, 0.29) is 18.1 Å². The van der Waals surface area contributed by atoms with Crippen molar-refractivity contribution in [3.05, 3.63) is 65.0 Å². The second kappa shape index (κ2) is 7.57. The Kier molecular flexibility index (Phi) is 5.74. The van der Waals surface area contributed by atoms with Crippen LogP contribution in [0.15, 0.2) is 42.5 Å². The Morgan fingerprint density at radius 3 is 2.48 bits per heavy atom. The van der Waals surface area contributed by atoms with Crippen molar-refractivity contribution < 1.29 is 17.5 Å². The van der Waals surface area contributed by atoms with E-state index in [4.69, 9.17) is 4.74 Å². The lowest BCUT2D eigenvalue weighted by Gasteiger charge is -2.11. The quantitative estimate of drug-likeness (QED) is 0.845. The van der Waals surface area contributed by atoms with Crippen LogP contribution in [0.25, 0.3) is 0 Å². The Morgan fingerprint density at radius 1 is 1.13 bits per heavy atom. The second-order valence-corrected chi connectivity index (χ2v) is 7.15. The number of methoxy groups -OCH3 is 1. The fourth-order valence-corrected chi connectivity index (χ4v) is 3.44. The van der Waals surface area contributed by atoms with Crippen LogP contribution in [0.2, 0.25) is 0 Å². The first-order valence-electron chi connectivity index (χ1n) is 7.25. The molecule has 0 saturated carbocycles. The Labute approximate surface area is 136 Å². The summed E-state index contributed by atoms with van der Waals surface area (Å²) in [7, 11) is -1.87. The van der Waals surface area contributed by atoms with Crippen LogP contribution in [-0.4, -0.2) is 22.1 Å². The highest BCUT2D eigenvalue weighted by Crippen LogP contribution is 2.19. The molecule has 0 aromatic heterocycles. The summed E-state index contributed by atoms with van der Waals surface area (Å²) in [6.45, 7) is 2.25. The van der Waals surface area contributed by atoms with E-state index in [1.807, 2.05) is 25.1 Å². The molecular formula is C17H20FNO3S. The second-order valence-electron chi connectivity index (χ2n) is 5.35. The summed E-state index contributed by atoms with van der Waals surface area (Å²) < 4.78 is 44.8. The number of rotatable bonds is 7. The van der Waals surface area contributed by atoms with Crippen molar-refractivity contribution in [3.63, 3.8) is 0 Å². The zero-order chi connectivity index (χ0) is 16.9. The standard InChI is InChI=1S/C17H20FNO3S/c1-13-3-8-17(22-2)15(11-13)9-10-19-23(20,21)12-14-4-6-16(18)7-5-14/h3-8,11,19H,9-10,12H2,1-2H3. The summed E-state index contributed by atoms with van der Waals surface area (Å²) in [5.41, 5.74) is 2.60. The maximum absolute atomic E-state index is 12.8. The highest BCUT2D eigenvalue weighted by Gasteiger charge is 2.12. The van der Waals surface area contributed by atoms with Gasteiger partial charge in [0.2, 0.25) is 10.0 Å². The van der Waals surface area contributed by atoms with Crippen molar-refractivity contribution in [2.24, 2.45) is 0 Å². The summed E-state index contributed by atoms with van der Waals surface area (Å²) in [6, 6.07) is 11.2. The first-order chi connectivity index (χ1) is 10.9. The summed E-state index contributed by atoms with van der Waals surface area (Å²) in [5.74, 6) is 0.192. The van der Waals surface area contributed by atoms with Gasteiger partial charge in [-0.2, -0.15) is 0 Å². The molecule has 4 nitrogen and oxygen atoms in total. The van der Waals surface area contributed by atoms with E-state index in [1.54, 1.807) is 7.11 Å². The first-order valence-corrected chi connectivity index (χ1v) is 8.90. The van der Waals surface area contributed by atoms with Gasteiger partial charge in [0.15, 0.2) is 0 Å². The lowest BCUT2D eigenvalue weighted by molar-refractivity contribution is 0.409. The van der Waals surface area contributed by atoms with Crippen LogP contribution in [0, 0.1) is 12.7 Å². The van der Waals surface area contributed by atoms with Gasteiger partial charge in [0.05, 0.1) is 12.9 Å². The van der Waals surface area contributed by atoms with Crippen molar-refractivity contribution >= 4 is 10.0 Å². The van der Waals surface area contributed by atoms with Gasteiger partial charge in [0.1, 0.15) is 11.6 Å². The van der Waals surface area contributed by atoms with Gasteiger partial charge in [0, 0.05) is 6.54 Å². The maximum Gasteiger partial charge on any atom is 0.215 e. The van der Waals surface area contributed by atoms with E-state index in [1.165, 1.54) is 24.3 Å². The van der Waals surface area contributed by atoms with E-state index in [0.29, 0.717) is 12.0 Å². The van der Waals surface area contributed by atoms with E-state index < -0.39 is 10.0 Å². The molecule has 6 heteroatoms. The molecule has 0 spiro atoms. The molecule has 23 heavy (non-hydrogen) atoms. The molecule has 0 radical (unpaired) electrons. The topological polar surface area (TPSA) is 55.4 Å². The van der Waals surface area contributed by atoms with Crippen molar-refractivity contribution in [2.45, 2.75) is 19.1 Å². The van der Waals surface area contributed by atoms with Gasteiger partial charge >= 0.3 is 0 Å². The van der Waals surface area contributed by atoms with Gasteiger partial charge < -0.3 is 4.74 Å². The SMILES string of the molecule is COc1ccc(C)cc1CCNS(=O)(=O)Cc1ccc(F)cc1. The molecule has 0 aliphatic rings. The van der Waals surface area contributed by atoms with E-state index in [0.717, 1.165) is 16.9 Å². The third kappa shape index (κ3) is 5.33. The number of halogens is 1. The summed E-state index contributed by atoms with van der Waals surface area (Å²) in [6.07, 6.45) is 0.535. The number of hydrogen-bond acceptors (Lipinski definition) is 3. The highest BCUT2D eigenvalue weighted by molar-refractivity contribution is 7.88. The normalized spacial score (nSPS) is 11.4. The molecular weight excluding hydrogens is 317 g/mol. The predicted octanol–water partition coefficient (Wildman–Crippen LogP) is 2.80. The number of nitrogens with one attached hydrogen (secondary N) is 1. The Balaban J connectivity index is 1.94. The highest BCUT2D eigenvalue weighted by atomic mass is 32.2. The minimum absolute atomic E-state index is 0.168. The molecule has 0 bridgehead atoms. The van der Waals surface area contributed by atoms with Crippen molar-refractivity contribution in [1.82, 2.24) is 4.72 Å². The summed E-state index contributed by atoms with van der Waals surface area (Å²) in [4.78, 5) is 0. The minimum atomic E-state index is -3.46. The zero-order valence-electron chi connectivity index (χ0n) is 13.2. The number of benzene rings is 2. The van der Waals surface area contributed by atoms with Crippen LogP contribution in [0.1, 0.15) is 16.7 Å². The lowest BCUT2D eigenvalue weighted by atomic mass is 10.1. The summed E-state index contributed by atoms with van der Waals surface area (Å²) in [5, 5.41) is 0. The van der Waals surface area contributed by atoms with E-state index >= 15 is 0 Å². The van der Waals surface area contributed by atoms with Crippen LogP contribution in [0.5, 0.6) is 5.75 Å². The number of hydrogen-bond donors (Lipinski definition) is 1. The molecule has 0 aliphatic carbocycles. The Hall–Kier alpha value is -1.92. The maximum atomic E-state index is 12.8. The van der Waals surface area contributed by atoms with E-state index in [9.17, 15) is 12.8 Å². The van der Waals surface area contributed by atoms with Crippen LogP contribution < -0.4 is 9.46 Å². The predicted molar refractivity (Wildman–Crippen MR) is 88.5 cm³/mol. The van der Waals surface area contributed by atoms with Crippen molar-refractivity contribution in [2.75, 3.05) is 13.7 Å².